The number of carboxylic acid groups (broad SMARTS) is 1. The van der Waals surface area contributed by atoms with Gasteiger partial charge in [0.05, 0.1) is 11.0 Å². The van der Waals surface area contributed by atoms with Gasteiger partial charge in [0.15, 0.2) is 5.69 Å². The molecule has 0 aliphatic heterocycles. The van der Waals surface area contributed by atoms with Gasteiger partial charge in [0, 0.05) is 6.42 Å². The fourth-order valence-corrected chi connectivity index (χ4v) is 2.72. The molecular formula is C12H9N5O5S. The lowest BCUT2D eigenvalue weighted by molar-refractivity contribution is -0.387. The second kappa shape index (κ2) is 5.85. The number of aromatic nitrogens is 2. The quantitative estimate of drug-likeness (QED) is 0.519. The number of nitrogens with two attached hydrogens (primary N) is 1. The number of nitro groups is 1. The molecule has 1 atom stereocenters. The van der Waals surface area contributed by atoms with Gasteiger partial charge >= 0.3 is 17.2 Å². The summed E-state index contributed by atoms with van der Waals surface area (Å²) in [5.74, 6) is -2.17. The maximum absolute atomic E-state index is 11.8. The van der Waals surface area contributed by atoms with Crippen molar-refractivity contribution >= 4 is 28.9 Å². The Morgan fingerprint density at radius 1 is 1.65 bits per heavy atom. The van der Waals surface area contributed by atoms with E-state index in [1.54, 1.807) is 22.9 Å². The fraction of sp³-hybridized carbons (Fsp3) is 0.167. The fourth-order valence-electron chi connectivity index (χ4n) is 2.05. The average molecular weight is 335 g/mol. The van der Waals surface area contributed by atoms with Gasteiger partial charge in [-0.05, 0) is 22.4 Å². The van der Waals surface area contributed by atoms with Gasteiger partial charge in [-0.1, -0.05) is 0 Å². The van der Waals surface area contributed by atoms with Crippen LogP contribution in [0, 0.1) is 21.4 Å². The number of nitrogen functional groups attached to an aromatic ring is 1. The highest BCUT2D eigenvalue weighted by Gasteiger charge is 2.49. The Morgan fingerprint density at radius 2 is 2.35 bits per heavy atom. The largest absolute Gasteiger partial charge is 0.480 e. The van der Waals surface area contributed by atoms with E-state index in [0.29, 0.717) is 5.56 Å². The molecule has 0 amide bonds. The van der Waals surface area contributed by atoms with E-state index in [2.05, 4.69) is 4.98 Å². The van der Waals surface area contributed by atoms with E-state index in [1.165, 1.54) is 11.3 Å². The maximum atomic E-state index is 11.8. The monoisotopic (exact) mass is 335 g/mol. The smallest absolute Gasteiger partial charge is 0.357 e. The second-order valence-electron chi connectivity index (χ2n) is 4.54. The van der Waals surface area contributed by atoms with Crippen LogP contribution in [0.4, 0.5) is 11.6 Å². The number of nitrogens with one attached hydrogen (secondary N) is 1. The van der Waals surface area contributed by atoms with Crippen LogP contribution in [-0.2, 0) is 16.6 Å². The molecule has 4 N–H and O–H groups in total. The zero-order valence-electron chi connectivity index (χ0n) is 11.3. The molecular weight excluding hydrogens is 326 g/mol. The highest BCUT2D eigenvalue weighted by atomic mass is 32.1. The SMILES string of the molecule is N#CC(Cc1ccsc1)(C(=O)O)c1nc(N)[nH]c(=O)c1[N+](=O)[O-]. The molecule has 118 valence electrons. The number of H-pyrrole nitrogens is 1. The van der Waals surface area contributed by atoms with Crippen molar-refractivity contribution in [3.8, 4) is 6.07 Å². The van der Waals surface area contributed by atoms with E-state index < -0.39 is 39.2 Å². The first-order chi connectivity index (χ1) is 10.8. The average Bonchev–Trinajstić information content (AvgIpc) is 2.95. The number of rotatable bonds is 5. The number of nitriles is 1. The number of anilines is 1. The first-order valence-electron chi connectivity index (χ1n) is 6.02. The van der Waals surface area contributed by atoms with E-state index in [-0.39, 0.29) is 6.42 Å². The van der Waals surface area contributed by atoms with E-state index in [4.69, 9.17) is 5.73 Å². The van der Waals surface area contributed by atoms with E-state index in [1.807, 2.05) is 4.98 Å². The molecule has 2 aromatic rings. The van der Waals surface area contributed by atoms with Crippen molar-refractivity contribution in [2.75, 3.05) is 5.73 Å². The third kappa shape index (κ3) is 2.74. The number of thiophene rings is 1. The molecule has 10 nitrogen and oxygen atoms in total. The molecule has 0 saturated heterocycles. The summed E-state index contributed by atoms with van der Waals surface area (Å²) >= 11 is 1.27. The van der Waals surface area contributed by atoms with Gasteiger partial charge in [-0.15, -0.1) is 0 Å². The molecule has 2 rings (SSSR count). The van der Waals surface area contributed by atoms with Crippen LogP contribution in [0.25, 0.3) is 0 Å². The van der Waals surface area contributed by atoms with Crippen LogP contribution < -0.4 is 11.3 Å². The Balaban J connectivity index is 2.80. The predicted octanol–water partition coefficient (Wildman–Crippen LogP) is 0.410. The third-order valence-corrected chi connectivity index (χ3v) is 3.84. The Labute approximate surface area is 132 Å². The molecule has 2 aromatic heterocycles. The number of nitrogens with zero attached hydrogens (tertiary/aromatic N) is 3. The molecule has 0 aliphatic rings. The number of aromatic amines is 1. The summed E-state index contributed by atoms with van der Waals surface area (Å²) in [6.07, 6.45) is -0.390. The van der Waals surface area contributed by atoms with Crippen molar-refractivity contribution in [1.82, 2.24) is 9.97 Å². The lowest BCUT2D eigenvalue weighted by Crippen LogP contribution is -2.40. The molecule has 0 saturated carbocycles. The van der Waals surface area contributed by atoms with Gasteiger partial charge in [0.25, 0.3) is 0 Å². The summed E-state index contributed by atoms with van der Waals surface area (Å²) < 4.78 is 0. The molecule has 0 aliphatic carbocycles. The van der Waals surface area contributed by atoms with Crippen molar-refractivity contribution in [3.05, 3.63) is 48.6 Å². The molecule has 0 radical (unpaired) electrons. The zero-order chi connectivity index (χ0) is 17.2. The van der Waals surface area contributed by atoms with Crippen molar-refractivity contribution in [1.29, 1.82) is 5.26 Å². The summed E-state index contributed by atoms with van der Waals surface area (Å²) in [7, 11) is 0. The number of hydrogen-bond donors (Lipinski definition) is 3. The number of hydrogen-bond acceptors (Lipinski definition) is 8. The van der Waals surface area contributed by atoms with Crippen LogP contribution in [0.15, 0.2) is 21.6 Å². The van der Waals surface area contributed by atoms with Crippen molar-refractivity contribution in [2.24, 2.45) is 0 Å². The minimum atomic E-state index is -2.41. The van der Waals surface area contributed by atoms with Crippen LogP contribution in [0.2, 0.25) is 0 Å². The topological polar surface area (TPSA) is 176 Å². The lowest BCUT2D eigenvalue weighted by Gasteiger charge is -2.20. The third-order valence-electron chi connectivity index (χ3n) is 3.11. The lowest BCUT2D eigenvalue weighted by atomic mass is 9.79. The van der Waals surface area contributed by atoms with Gasteiger partial charge in [-0.25, -0.2) is 4.98 Å². The summed E-state index contributed by atoms with van der Waals surface area (Å²) in [4.78, 5) is 39.1. The minimum absolute atomic E-state index is 0.390. The van der Waals surface area contributed by atoms with E-state index in [0.717, 1.165) is 0 Å². The van der Waals surface area contributed by atoms with Crippen molar-refractivity contribution in [2.45, 2.75) is 11.8 Å². The first-order valence-corrected chi connectivity index (χ1v) is 6.96. The van der Waals surface area contributed by atoms with Gasteiger partial charge in [0.1, 0.15) is 0 Å². The number of carbonyl (C=O) groups is 1. The van der Waals surface area contributed by atoms with Gasteiger partial charge in [0.2, 0.25) is 11.4 Å². The van der Waals surface area contributed by atoms with Crippen LogP contribution >= 0.6 is 11.3 Å². The molecule has 11 heteroatoms. The standard InChI is InChI=1S/C12H9N5O5S/c13-5-12(10(19)20,3-6-1-2-23-4-6)8-7(17(21)22)9(18)16-11(14)15-8/h1-2,4H,3H2,(H,19,20)(H3,14,15,16,18). The minimum Gasteiger partial charge on any atom is -0.480 e. The summed E-state index contributed by atoms with van der Waals surface area (Å²) in [5.41, 5.74) is 0.301. The number of aliphatic carboxylic acids is 1. The first kappa shape index (κ1) is 16.1. The molecule has 0 aromatic carbocycles. The highest BCUT2D eigenvalue weighted by molar-refractivity contribution is 7.07. The van der Waals surface area contributed by atoms with E-state index in [9.17, 15) is 30.1 Å². The van der Waals surface area contributed by atoms with Crippen LogP contribution in [0.3, 0.4) is 0 Å². The Hall–Kier alpha value is -3.26. The van der Waals surface area contributed by atoms with Crippen LogP contribution in [0.1, 0.15) is 11.3 Å². The Bertz CT molecular complexity index is 869. The summed E-state index contributed by atoms with van der Waals surface area (Å²) in [5, 5.41) is 33.4. The van der Waals surface area contributed by atoms with Crippen molar-refractivity contribution < 1.29 is 14.8 Å². The molecule has 0 bridgehead atoms. The molecule has 0 fully saturated rings. The van der Waals surface area contributed by atoms with E-state index >= 15 is 0 Å². The van der Waals surface area contributed by atoms with Crippen LogP contribution in [0.5, 0.6) is 0 Å². The van der Waals surface area contributed by atoms with Gasteiger partial charge in [-0.3, -0.25) is 24.7 Å². The number of carboxylic acids is 1. The predicted molar refractivity (Wildman–Crippen MR) is 78.9 cm³/mol. The molecule has 23 heavy (non-hydrogen) atoms. The van der Waals surface area contributed by atoms with Gasteiger partial charge in [-0.2, -0.15) is 16.6 Å². The zero-order valence-corrected chi connectivity index (χ0v) is 12.2. The molecule has 2 heterocycles. The van der Waals surface area contributed by atoms with Crippen molar-refractivity contribution in [3.63, 3.8) is 0 Å². The second-order valence-corrected chi connectivity index (χ2v) is 5.32. The Morgan fingerprint density at radius 3 is 2.83 bits per heavy atom. The maximum Gasteiger partial charge on any atom is 0.357 e. The van der Waals surface area contributed by atoms with Gasteiger partial charge < -0.3 is 10.8 Å². The molecule has 0 spiro atoms. The summed E-state index contributed by atoms with van der Waals surface area (Å²) in [6, 6.07) is 3.12. The summed E-state index contributed by atoms with van der Waals surface area (Å²) in [6.45, 7) is 0. The molecule has 1 unspecified atom stereocenters. The normalized spacial score (nSPS) is 13.0. The van der Waals surface area contributed by atoms with Crippen LogP contribution in [-0.4, -0.2) is 26.0 Å². The highest BCUT2D eigenvalue weighted by Crippen LogP contribution is 2.32. The Kier molecular flexibility index (Phi) is 4.10.